The zero-order valence-corrected chi connectivity index (χ0v) is 14.4. The lowest BCUT2D eigenvalue weighted by Gasteiger charge is -2.15. The Morgan fingerprint density at radius 3 is 2.59 bits per heavy atom. The third kappa shape index (κ3) is 4.64. The van der Waals surface area contributed by atoms with Crippen LogP contribution in [0.15, 0.2) is 46.9 Å². The van der Waals surface area contributed by atoms with Crippen molar-refractivity contribution >= 4 is 21.6 Å². The van der Waals surface area contributed by atoms with Gasteiger partial charge in [-0.15, -0.1) is 0 Å². The quantitative estimate of drug-likeness (QED) is 0.682. The summed E-state index contributed by atoms with van der Waals surface area (Å²) in [5.74, 6) is 1.49. The third-order valence-electron chi connectivity index (χ3n) is 3.04. The van der Waals surface area contributed by atoms with Crippen LogP contribution in [0.3, 0.4) is 0 Å². The van der Waals surface area contributed by atoms with Crippen LogP contribution in [-0.4, -0.2) is 13.7 Å². The minimum absolute atomic E-state index is 0.665. The van der Waals surface area contributed by atoms with Crippen molar-refractivity contribution in [2.24, 2.45) is 0 Å². The summed E-state index contributed by atoms with van der Waals surface area (Å²) in [5, 5.41) is 0. The minimum Gasteiger partial charge on any atom is -0.493 e. The number of hydrogen-bond acceptors (Lipinski definition) is 4. The molecule has 0 bridgehead atoms. The highest BCUT2D eigenvalue weighted by Gasteiger charge is 2.11. The predicted molar refractivity (Wildman–Crippen MR) is 93.4 cm³/mol. The average Bonchev–Trinajstić information content (AvgIpc) is 2.54. The Labute approximate surface area is 139 Å². The summed E-state index contributed by atoms with van der Waals surface area (Å²) in [5.41, 5.74) is 8.47. The molecule has 2 aromatic carbocycles. The molecule has 0 aliphatic rings. The first-order chi connectivity index (χ1) is 10.7. The van der Waals surface area contributed by atoms with Gasteiger partial charge in [0.2, 0.25) is 0 Å². The summed E-state index contributed by atoms with van der Waals surface area (Å²) in [6.07, 6.45) is 0.958. The highest BCUT2D eigenvalue weighted by atomic mass is 79.9. The zero-order chi connectivity index (χ0) is 15.8. The van der Waals surface area contributed by atoms with Crippen LogP contribution in [0.25, 0.3) is 0 Å². The fourth-order valence-corrected chi connectivity index (χ4v) is 2.59. The summed E-state index contributed by atoms with van der Waals surface area (Å²) in [4.78, 5) is 0. The summed E-state index contributed by atoms with van der Waals surface area (Å²) in [7, 11) is 1.65. The van der Waals surface area contributed by atoms with E-state index in [4.69, 9.17) is 9.47 Å². The lowest BCUT2D eigenvalue weighted by atomic mass is 10.2. The van der Waals surface area contributed by atoms with E-state index in [2.05, 4.69) is 33.7 Å². The summed E-state index contributed by atoms with van der Waals surface area (Å²) in [6.45, 7) is 3.41. The second kappa shape index (κ2) is 8.66. The predicted octanol–water partition coefficient (Wildman–Crippen LogP) is 4.36. The van der Waals surface area contributed by atoms with Crippen LogP contribution < -0.4 is 20.3 Å². The van der Waals surface area contributed by atoms with Crippen molar-refractivity contribution in [2.75, 3.05) is 19.1 Å². The van der Waals surface area contributed by atoms with Gasteiger partial charge in [0.1, 0.15) is 0 Å². The number of methoxy groups -OCH3 is 1. The molecular weight excluding hydrogens is 344 g/mol. The van der Waals surface area contributed by atoms with Gasteiger partial charge in [-0.3, -0.25) is 0 Å². The molecule has 0 amide bonds. The van der Waals surface area contributed by atoms with Crippen LogP contribution in [0.2, 0.25) is 0 Å². The lowest BCUT2D eigenvalue weighted by molar-refractivity contribution is 0.292. The van der Waals surface area contributed by atoms with Gasteiger partial charge >= 0.3 is 0 Å². The van der Waals surface area contributed by atoms with Crippen molar-refractivity contribution in [3.05, 3.63) is 52.5 Å². The van der Waals surface area contributed by atoms with Gasteiger partial charge in [0.25, 0.3) is 0 Å². The van der Waals surface area contributed by atoms with Gasteiger partial charge in [-0.05, 0) is 52.2 Å². The van der Waals surface area contributed by atoms with E-state index in [0.29, 0.717) is 13.2 Å². The summed E-state index contributed by atoms with van der Waals surface area (Å²) >= 11 is 3.55. The van der Waals surface area contributed by atoms with Gasteiger partial charge in [0, 0.05) is 12.2 Å². The maximum absolute atomic E-state index is 5.73. The molecule has 0 unspecified atom stereocenters. The topological polar surface area (TPSA) is 42.5 Å². The molecule has 0 radical (unpaired) electrons. The van der Waals surface area contributed by atoms with Gasteiger partial charge in [-0.25, -0.2) is 5.43 Å². The Kier molecular flexibility index (Phi) is 6.55. The van der Waals surface area contributed by atoms with Crippen molar-refractivity contribution in [2.45, 2.75) is 19.9 Å². The molecule has 0 aliphatic heterocycles. The number of rotatable bonds is 8. The molecule has 118 valence electrons. The fourth-order valence-electron chi connectivity index (χ4n) is 1.99. The third-order valence-corrected chi connectivity index (χ3v) is 3.63. The lowest BCUT2D eigenvalue weighted by Crippen LogP contribution is -2.20. The second-order valence-electron chi connectivity index (χ2n) is 4.80. The largest absolute Gasteiger partial charge is 0.493 e. The van der Waals surface area contributed by atoms with Crippen LogP contribution in [0.1, 0.15) is 18.9 Å². The van der Waals surface area contributed by atoms with E-state index in [-0.39, 0.29) is 0 Å². The number of nitrogens with one attached hydrogen (secondary N) is 2. The number of benzene rings is 2. The van der Waals surface area contributed by atoms with E-state index < -0.39 is 0 Å². The molecule has 2 rings (SSSR count). The SMILES string of the molecule is CCCOc1c(Br)cc(CNNc2ccccc2)cc1OC. The Hall–Kier alpha value is -1.72. The molecular formula is C17H21BrN2O2. The second-order valence-corrected chi connectivity index (χ2v) is 5.66. The average molecular weight is 365 g/mol. The van der Waals surface area contributed by atoms with Crippen molar-refractivity contribution in [3.63, 3.8) is 0 Å². The number of ether oxygens (including phenoxy) is 2. The molecule has 0 spiro atoms. The molecule has 0 saturated carbocycles. The number of para-hydroxylation sites is 1. The minimum atomic E-state index is 0.665. The molecule has 0 aromatic heterocycles. The first-order valence-electron chi connectivity index (χ1n) is 7.27. The van der Waals surface area contributed by atoms with E-state index in [1.54, 1.807) is 7.11 Å². The monoisotopic (exact) mass is 364 g/mol. The Bertz CT molecular complexity index is 591. The van der Waals surface area contributed by atoms with Gasteiger partial charge < -0.3 is 14.9 Å². The molecule has 2 N–H and O–H groups in total. The summed E-state index contributed by atoms with van der Waals surface area (Å²) in [6, 6.07) is 14.0. The van der Waals surface area contributed by atoms with Crippen LogP contribution in [0, 0.1) is 0 Å². The zero-order valence-electron chi connectivity index (χ0n) is 12.9. The van der Waals surface area contributed by atoms with Crippen LogP contribution in [0.5, 0.6) is 11.5 Å². The summed E-state index contributed by atoms with van der Waals surface area (Å²) < 4.78 is 12.1. The molecule has 0 atom stereocenters. The van der Waals surface area contributed by atoms with Gasteiger partial charge in [0.15, 0.2) is 11.5 Å². The maximum Gasteiger partial charge on any atom is 0.175 e. The highest BCUT2D eigenvalue weighted by molar-refractivity contribution is 9.10. The Morgan fingerprint density at radius 2 is 1.91 bits per heavy atom. The van der Waals surface area contributed by atoms with Gasteiger partial charge in [-0.2, -0.15) is 0 Å². The first kappa shape index (κ1) is 16.6. The normalized spacial score (nSPS) is 10.3. The number of halogens is 1. The van der Waals surface area contributed by atoms with Crippen molar-refractivity contribution in [1.29, 1.82) is 0 Å². The number of hydrazine groups is 1. The molecule has 2 aromatic rings. The van der Waals surface area contributed by atoms with Crippen molar-refractivity contribution in [3.8, 4) is 11.5 Å². The standard InChI is InChI=1S/C17H21BrN2O2/c1-3-9-22-17-15(18)10-13(11-16(17)21-2)12-19-20-14-7-5-4-6-8-14/h4-8,10-11,19-20H,3,9,12H2,1-2H3. The van der Waals surface area contributed by atoms with Crippen LogP contribution in [-0.2, 0) is 6.54 Å². The number of hydrogen-bond donors (Lipinski definition) is 2. The van der Waals surface area contributed by atoms with E-state index in [0.717, 1.165) is 33.6 Å². The molecule has 0 aliphatic carbocycles. The molecule has 22 heavy (non-hydrogen) atoms. The smallest absolute Gasteiger partial charge is 0.175 e. The molecule has 0 fully saturated rings. The molecule has 4 nitrogen and oxygen atoms in total. The maximum atomic E-state index is 5.73. The molecule has 5 heteroatoms. The van der Waals surface area contributed by atoms with Crippen molar-refractivity contribution < 1.29 is 9.47 Å². The molecule has 0 saturated heterocycles. The van der Waals surface area contributed by atoms with E-state index in [1.807, 2.05) is 42.5 Å². The Balaban J connectivity index is 2.00. The van der Waals surface area contributed by atoms with Crippen LogP contribution in [0.4, 0.5) is 5.69 Å². The number of anilines is 1. The highest BCUT2D eigenvalue weighted by Crippen LogP contribution is 2.36. The van der Waals surface area contributed by atoms with E-state index in [9.17, 15) is 0 Å². The fraction of sp³-hybridized carbons (Fsp3) is 0.294. The Morgan fingerprint density at radius 1 is 1.14 bits per heavy atom. The first-order valence-corrected chi connectivity index (χ1v) is 8.07. The molecule has 0 heterocycles. The van der Waals surface area contributed by atoms with Gasteiger partial charge in [0.05, 0.1) is 18.2 Å². The van der Waals surface area contributed by atoms with Gasteiger partial charge in [-0.1, -0.05) is 25.1 Å². The van der Waals surface area contributed by atoms with Crippen LogP contribution >= 0.6 is 15.9 Å². The van der Waals surface area contributed by atoms with E-state index in [1.165, 1.54) is 0 Å². The van der Waals surface area contributed by atoms with E-state index >= 15 is 0 Å². The van der Waals surface area contributed by atoms with Crippen molar-refractivity contribution in [1.82, 2.24) is 5.43 Å².